The highest BCUT2D eigenvalue weighted by molar-refractivity contribution is 6.36. The summed E-state index contributed by atoms with van der Waals surface area (Å²) in [6.07, 6.45) is 0. The summed E-state index contributed by atoms with van der Waals surface area (Å²) < 4.78 is 10.9. The first-order valence-corrected chi connectivity index (χ1v) is 8.61. The molecule has 8 heteroatoms. The van der Waals surface area contributed by atoms with Gasteiger partial charge in [-0.25, -0.2) is 4.79 Å². The van der Waals surface area contributed by atoms with Crippen molar-refractivity contribution in [2.45, 2.75) is 13.8 Å². The van der Waals surface area contributed by atoms with Crippen molar-refractivity contribution in [3.8, 4) is 11.5 Å². The van der Waals surface area contributed by atoms with E-state index in [1.165, 1.54) is 12.1 Å². The molecule has 138 valence electrons. The van der Waals surface area contributed by atoms with Crippen LogP contribution in [0.2, 0.25) is 10.0 Å². The van der Waals surface area contributed by atoms with Gasteiger partial charge < -0.3 is 20.0 Å². The van der Waals surface area contributed by atoms with Gasteiger partial charge in [0.15, 0.2) is 17.3 Å². The van der Waals surface area contributed by atoms with Crippen LogP contribution in [0, 0.1) is 0 Å². The van der Waals surface area contributed by atoms with Crippen LogP contribution in [0.1, 0.15) is 29.8 Å². The third-order valence-corrected chi connectivity index (χ3v) is 3.76. The van der Waals surface area contributed by atoms with Gasteiger partial charge in [0.25, 0.3) is 0 Å². The van der Waals surface area contributed by atoms with Gasteiger partial charge in [-0.05, 0) is 50.2 Å². The minimum atomic E-state index is -0.693. The van der Waals surface area contributed by atoms with Crippen LogP contribution in [0.4, 0.5) is 0 Å². The van der Waals surface area contributed by atoms with E-state index in [0.29, 0.717) is 40.3 Å². The number of carbonyl (C=O) groups is 1. The fourth-order valence-electron chi connectivity index (χ4n) is 2.07. The van der Waals surface area contributed by atoms with E-state index in [9.17, 15) is 4.79 Å². The first-order chi connectivity index (χ1) is 12.5. The Kier molecular flexibility index (Phi) is 7.12. The number of ether oxygens (including phenoxy) is 2. The van der Waals surface area contributed by atoms with Crippen LogP contribution in [0.5, 0.6) is 11.5 Å². The van der Waals surface area contributed by atoms with Crippen molar-refractivity contribution in [3.05, 3.63) is 57.6 Å². The van der Waals surface area contributed by atoms with Gasteiger partial charge in [-0.3, -0.25) is 0 Å². The predicted octanol–water partition coefficient (Wildman–Crippen LogP) is 4.27. The fourth-order valence-corrected chi connectivity index (χ4v) is 2.57. The lowest BCUT2D eigenvalue weighted by molar-refractivity contribution is 0.0515. The molecule has 2 aromatic rings. The number of benzene rings is 2. The number of amidine groups is 1. The minimum Gasteiger partial charge on any atom is -0.490 e. The normalized spacial score (nSPS) is 11.2. The monoisotopic (exact) mass is 396 g/mol. The van der Waals surface area contributed by atoms with Crippen LogP contribution in [-0.2, 0) is 4.84 Å². The topological polar surface area (TPSA) is 83.1 Å². The van der Waals surface area contributed by atoms with Crippen LogP contribution in [0.25, 0.3) is 0 Å². The smallest absolute Gasteiger partial charge is 0.365 e. The summed E-state index contributed by atoms with van der Waals surface area (Å²) in [5.74, 6) is 0.251. The largest absolute Gasteiger partial charge is 0.490 e. The van der Waals surface area contributed by atoms with E-state index in [0.717, 1.165) is 0 Å². The van der Waals surface area contributed by atoms with Gasteiger partial charge in [-0.15, -0.1) is 0 Å². The Morgan fingerprint density at radius 1 is 1.04 bits per heavy atom. The zero-order valence-corrected chi connectivity index (χ0v) is 15.8. The van der Waals surface area contributed by atoms with Gasteiger partial charge >= 0.3 is 5.97 Å². The van der Waals surface area contributed by atoms with Crippen LogP contribution in [0.15, 0.2) is 41.6 Å². The maximum atomic E-state index is 12.2. The van der Waals surface area contributed by atoms with Crippen LogP contribution in [-0.4, -0.2) is 25.0 Å². The van der Waals surface area contributed by atoms with Crippen molar-refractivity contribution in [3.63, 3.8) is 0 Å². The second-order valence-electron chi connectivity index (χ2n) is 5.01. The number of hydrogen-bond acceptors (Lipinski definition) is 5. The summed E-state index contributed by atoms with van der Waals surface area (Å²) in [6.45, 7) is 4.60. The highest BCUT2D eigenvalue weighted by Gasteiger charge is 2.14. The maximum Gasteiger partial charge on any atom is 0.365 e. The second kappa shape index (κ2) is 9.31. The zero-order chi connectivity index (χ0) is 19.1. The van der Waals surface area contributed by atoms with Crippen LogP contribution < -0.4 is 15.2 Å². The third-order valence-electron chi connectivity index (χ3n) is 3.21. The Labute approximate surface area is 161 Å². The van der Waals surface area contributed by atoms with Gasteiger partial charge in [0.2, 0.25) is 0 Å². The van der Waals surface area contributed by atoms with E-state index in [4.69, 9.17) is 43.2 Å². The number of nitrogens with two attached hydrogens (primary N) is 1. The van der Waals surface area contributed by atoms with Crippen molar-refractivity contribution in [1.82, 2.24) is 0 Å². The average Bonchev–Trinajstić information content (AvgIpc) is 2.61. The molecule has 2 rings (SSSR count). The van der Waals surface area contributed by atoms with E-state index in [-0.39, 0.29) is 11.4 Å². The van der Waals surface area contributed by atoms with Crippen molar-refractivity contribution in [1.29, 1.82) is 0 Å². The molecule has 0 saturated carbocycles. The van der Waals surface area contributed by atoms with E-state index in [1.54, 1.807) is 24.3 Å². The summed E-state index contributed by atoms with van der Waals surface area (Å²) >= 11 is 11.9. The lowest BCUT2D eigenvalue weighted by Gasteiger charge is -2.11. The Bertz CT molecular complexity index is 825. The molecule has 0 aromatic heterocycles. The van der Waals surface area contributed by atoms with Crippen molar-refractivity contribution < 1.29 is 19.1 Å². The summed E-state index contributed by atoms with van der Waals surface area (Å²) in [7, 11) is 0. The molecule has 0 spiro atoms. The molecule has 0 amide bonds. The molecular formula is C18H18Cl2N2O4. The molecule has 2 aromatic carbocycles. The van der Waals surface area contributed by atoms with E-state index in [2.05, 4.69) is 5.16 Å². The van der Waals surface area contributed by atoms with Crippen molar-refractivity contribution >= 4 is 35.0 Å². The first kappa shape index (κ1) is 19.9. The van der Waals surface area contributed by atoms with Gasteiger partial charge in [0.05, 0.1) is 23.8 Å². The van der Waals surface area contributed by atoms with E-state index < -0.39 is 5.97 Å². The number of carbonyl (C=O) groups excluding carboxylic acids is 1. The van der Waals surface area contributed by atoms with Gasteiger partial charge in [0.1, 0.15) is 0 Å². The SMILES string of the molecule is CCOc1ccc(C(=O)O/N=C(\N)c2ccc(Cl)cc2Cl)cc1OCC. The molecule has 6 nitrogen and oxygen atoms in total. The molecule has 0 atom stereocenters. The molecule has 0 aliphatic heterocycles. The Morgan fingerprint density at radius 3 is 2.38 bits per heavy atom. The van der Waals surface area contributed by atoms with E-state index >= 15 is 0 Å². The fraction of sp³-hybridized carbons (Fsp3) is 0.222. The lowest BCUT2D eigenvalue weighted by Crippen LogP contribution is -2.16. The third kappa shape index (κ3) is 5.03. The zero-order valence-electron chi connectivity index (χ0n) is 14.3. The van der Waals surface area contributed by atoms with E-state index in [1.807, 2.05) is 13.8 Å². The number of oxime groups is 1. The minimum absolute atomic E-state index is 0.0454. The van der Waals surface area contributed by atoms with Gasteiger partial charge in [-0.1, -0.05) is 28.4 Å². The highest BCUT2D eigenvalue weighted by atomic mass is 35.5. The number of hydrogen-bond donors (Lipinski definition) is 1. The molecule has 0 aliphatic rings. The summed E-state index contributed by atoms with van der Waals surface area (Å²) in [6, 6.07) is 9.42. The summed E-state index contributed by atoms with van der Waals surface area (Å²) in [4.78, 5) is 17.1. The van der Waals surface area contributed by atoms with Gasteiger partial charge in [0, 0.05) is 10.6 Å². The first-order valence-electron chi connectivity index (χ1n) is 7.86. The van der Waals surface area contributed by atoms with Crippen LogP contribution >= 0.6 is 23.2 Å². The predicted molar refractivity (Wildman–Crippen MR) is 101 cm³/mol. The molecule has 0 radical (unpaired) electrons. The highest BCUT2D eigenvalue weighted by Crippen LogP contribution is 2.29. The molecule has 26 heavy (non-hydrogen) atoms. The standard InChI is InChI=1S/C18H18Cl2N2O4/c1-3-24-15-8-5-11(9-16(15)25-4-2)18(23)26-22-17(21)13-7-6-12(19)10-14(13)20/h5-10H,3-4H2,1-2H3,(H2,21,22). The molecule has 0 unspecified atom stereocenters. The summed E-state index contributed by atoms with van der Waals surface area (Å²) in [5.41, 5.74) is 6.47. The Hall–Kier alpha value is -2.44. The maximum absolute atomic E-state index is 12.2. The Balaban J connectivity index is 2.17. The number of rotatable bonds is 7. The second-order valence-corrected chi connectivity index (χ2v) is 5.85. The van der Waals surface area contributed by atoms with Gasteiger partial charge in [-0.2, -0.15) is 0 Å². The number of halogens is 2. The Morgan fingerprint density at radius 2 is 1.73 bits per heavy atom. The molecule has 0 heterocycles. The molecule has 2 N–H and O–H groups in total. The lowest BCUT2D eigenvalue weighted by atomic mass is 10.2. The average molecular weight is 397 g/mol. The summed E-state index contributed by atoms with van der Waals surface area (Å²) in [5, 5.41) is 4.40. The molecule has 0 saturated heterocycles. The molecule has 0 fully saturated rings. The molecular weight excluding hydrogens is 379 g/mol. The molecule has 0 aliphatic carbocycles. The van der Waals surface area contributed by atoms with Crippen LogP contribution in [0.3, 0.4) is 0 Å². The molecule has 0 bridgehead atoms. The van der Waals surface area contributed by atoms with Crippen molar-refractivity contribution in [2.75, 3.05) is 13.2 Å². The van der Waals surface area contributed by atoms with Crippen molar-refractivity contribution in [2.24, 2.45) is 10.9 Å². The number of nitrogens with zero attached hydrogens (tertiary/aromatic N) is 1. The quantitative estimate of drug-likeness (QED) is 0.327.